The average molecular weight is 568 g/mol. The van der Waals surface area contributed by atoms with Crippen LogP contribution in [0.4, 0.5) is 0 Å². The topological polar surface area (TPSA) is 154 Å². The number of likely N-dealkylation sites (N-methyl/N-ethyl adjacent to an activating group) is 1. The van der Waals surface area contributed by atoms with Crippen LogP contribution < -0.4 is 10.1 Å². The molecule has 1 unspecified atom stereocenters. The van der Waals surface area contributed by atoms with Gasteiger partial charge in [0.1, 0.15) is 10.6 Å². The van der Waals surface area contributed by atoms with Crippen LogP contribution in [0.25, 0.3) is 0 Å². The summed E-state index contributed by atoms with van der Waals surface area (Å²) in [6.45, 7) is 3.90. The van der Waals surface area contributed by atoms with Gasteiger partial charge in [-0.15, -0.1) is 0 Å². The maximum absolute atomic E-state index is 13.1. The normalized spacial score (nSPS) is 15.3. The van der Waals surface area contributed by atoms with E-state index < -0.39 is 22.0 Å². The first kappa shape index (κ1) is 30.8. The lowest BCUT2D eigenvalue weighted by molar-refractivity contribution is -0.134. The summed E-state index contributed by atoms with van der Waals surface area (Å²) < 4.78 is 32.9. The Bertz CT molecular complexity index is 1280. The molecule has 0 saturated carbocycles. The third-order valence-electron chi connectivity index (χ3n) is 5.59. The Balaban J connectivity index is 0.000000550. The van der Waals surface area contributed by atoms with Crippen LogP contribution in [-0.4, -0.2) is 86.0 Å². The van der Waals surface area contributed by atoms with Gasteiger partial charge in [-0.05, 0) is 38.2 Å². The number of carbonyl (C=O) groups excluding carboxylic acids is 1. The second-order valence-corrected chi connectivity index (χ2v) is 10.6. The van der Waals surface area contributed by atoms with Crippen molar-refractivity contribution >= 4 is 39.5 Å². The van der Waals surface area contributed by atoms with Gasteiger partial charge in [0, 0.05) is 49.5 Å². The molecule has 1 amide bonds. The van der Waals surface area contributed by atoms with Gasteiger partial charge in [0.2, 0.25) is 10.0 Å². The largest absolute Gasteiger partial charge is 0.496 e. The number of carbonyl (C=O) groups is 3. The number of aliphatic carboxylic acids is 2. The van der Waals surface area contributed by atoms with Crippen molar-refractivity contribution in [3.8, 4) is 5.75 Å². The maximum atomic E-state index is 13.1. The van der Waals surface area contributed by atoms with Crippen LogP contribution in [0.2, 0.25) is 5.02 Å². The number of carboxylic acid groups (broad SMARTS) is 2. The Morgan fingerprint density at radius 3 is 2.16 bits per heavy atom. The summed E-state index contributed by atoms with van der Waals surface area (Å²) in [7, 11) is -0.268. The second kappa shape index (κ2) is 13.9. The van der Waals surface area contributed by atoms with E-state index in [1.54, 1.807) is 7.11 Å². The minimum Gasteiger partial charge on any atom is -0.496 e. The Labute approximate surface area is 226 Å². The molecule has 0 aromatic heterocycles. The molecule has 1 aliphatic rings. The SMILES string of the molecule is COc1ccccc1C(C)NC(=O)c1ccc(Cl)c(S(=O)(=O)N2CCN(C)CC2)c1.O=C(O)/C=C/C(=O)O. The summed E-state index contributed by atoms with van der Waals surface area (Å²) in [6.07, 6.45) is 1.12. The minimum atomic E-state index is -3.79. The number of sulfonamides is 1. The number of piperazine rings is 1. The van der Waals surface area contributed by atoms with Crippen LogP contribution in [0.15, 0.2) is 59.5 Å². The molecule has 2 aromatic carbocycles. The molecular weight excluding hydrogens is 538 g/mol. The number of hydrogen-bond donors (Lipinski definition) is 3. The van der Waals surface area contributed by atoms with E-state index in [1.807, 2.05) is 38.2 Å². The van der Waals surface area contributed by atoms with Gasteiger partial charge in [-0.3, -0.25) is 4.79 Å². The number of nitrogens with one attached hydrogen (secondary N) is 1. The molecule has 3 N–H and O–H groups in total. The fourth-order valence-corrected chi connectivity index (χ4v) is 5.46. The number of para-hydroxylation sites is 1. The van der Waals surface area contributed by atoms with E-state index in [-0.39, 0.29) is 27.4 Å². The molecule has 1 saturated heterocycles. The number of nitrogens with zero attached hydrogens (tertiary/aromatic N) is 2. The first-order valence-corrected chi connectivity index (χ1v) is 13.2. The van der Waals surface area contributed by atoms with E-state index in [0.29, 0.717) is 44.1 Å². The first-order chi connectivity index (χ1) is 17.9. The van der Waals surface area contributed by atoms with Crippen molar-refractivity contribution < 1.29 is 37.8 Å². The molecule has 38 heavy (non-hydrogen) atoms. The molecule has 3 rings (SSSR count). The van der Waals surface area contributed by atoms with Crippen molar-refractivity contribution in [3.05, 3.63) is 70.8 Å². The molecule has 1 aliphatic heterocycles. The lowest BCUT2D eigenvalue weighted by Crippen LogP contribution is -2.47. The monoisotopic (exact) mass is 567 g/mol. The zero-order valence-corrected chi connectivity index (χ0v) is 22.7. The van der Waals surface area contributed by atoms with Gasteiger partial charge in [0.05, 0.1) is 18.2 Å². The summed E-state index contributed by atoms with van der Waals surface area (Å²) in [5, 5.41) is 18.6. The quantitative estimate of drug-likeness (QED) is 0.408. The highest BCUT2D eigenvalue weighted by Gasteiger charge is 2.30. The van der Waals surface area contributed by atoms with Gasteiger partial charge in [-0.1, -0.05) is 29.8 Å². The van der Waals surface area contributed by atoms with Crippen LogP contribution in [0.3, 0.4) is 0 Å². The maximum Gasteiger partial charge on any atom is 0.328 e. The number of halogens is 1. The first-order valence-electron chi connectivity index (χ1n) is 11.4. The number of benzene rings is 2. The summed E-state index contributed by atoms with van der Waals surface area (Å²) in [6, 6.07) is 11.4. The molecular formula is C25H30ClN3O8S. The van der Waals surface area contributed by atoms with Crippen LogP contribution in [0.5, 0.6) is 5.75 Å². The van der Waals surface area contributed by atoms with Crippen molar-refractivity contribution in [1.82, 2.24) is 14.5 Å². The summed E-state index contributed by atoms with van der Waals surface area (Å²) in [4.78, 5) is 34.0. The number of rotatable bonds is 8. The van der Waals surface area contributed by atoms with Gasteiger partial charge in [-0.2, -0.15) is 4.31 Å². The van der Waals surface area contributed by atoms with Crippen LogP contribution in [0.1, 0.15) is 28.9 Å². The summed E-state index contributed by atoms with van der Waals surface area (Å²) >= 11 is 6.21. The Morgan fingerprint density at radius 1 is 1.03 bits per heavy atom. The predicted octanol–water partition coefficient (Wildman–Crippen LogP) is 2.49. The highest BCUT2D eigenvalue weighted by atomic mass is 35.5. The Hall–Kier alpha value is -3.45. The van der Waals surface area contributed by atoms with E-state index in [1.165, 1.54) is 22.5 Å². The van der Waals surface area contributed by atoms with E-state index in [0.717, 1.165) is 5.56 Å². The van der Waals surface area contributed by atoms with E-state index in [2.05, 4.69) is 10.2 Å². The summed E-state index contributed by atoms with van der Waals surface area (Å²) in [5.74, 6) is -2.24. The lowest BCUT2D eigenvalue weighted by Gasteiger charge is -2.31. The van der Waals surface area contributed by atoms with Crippen molar-refractivity contribution in [2.75, 3.05) is 40.3 Å². The fraction of sp³-hybridized carbons (Fsp3) is 0.320. The van der Waals surface area contributed by atoms with Crippen molar-refractivity contribution in [3.63, 3.8) is 0 Å². The number of methoxy groups -OCH3 is 1. The zero-order chi connectivity index (χ0) is 28.5. The second-order valence-electron chi connectivity index (χ2n) is 8.30. The highest BCUT2D eigenvalue weighted by molar-refractivity contribution is 7.89. The molecule has 1 atom stereocenters. The van der Waals surface area contributed by atoms with Crippen LogP contribution >= 0.6 is 11.6 Å². The zero-order valence-electron chi connectivity index (χ0n) is 21.1. The van der Waals surface area contributed by atoms with Crippen molar-refractivity contribution in [2.45, 2.75) is 17.9 Å². The van der Waals surface area contributed by atoms with Gasteiger partial charge in [-0.25, -0.2) is 18.0 Å². The smallest absolute Gasteiger partial charge is 0.328 e. The van der Waals surface area contributed by atoms with Crippen molar-refractivity contribution in [1.29, 1.82) is 0 Å². The molecule has 206 valence electrons. The third kappa shape index (κ3) is 8.55. The molecule has 1 fully saturated rings. The highest BCUT2D eigenvalue weighted by Crippen LogP contribution is 2.28. The molecule has 0 bridgehead atoms. The van der Waals surface area contributed by atoms with Gasteiger partial charge in [0.25, 0.3) is 5.91 Å². The van der Waals surface area contributed by atoms with E-state index >= 15 is 0 Å². The van der Waals surface area contributed by atoms with E-state index in [4.69, 9.17) is 26.6 Å². The van der Waals surface area contributed by atoms with Gasteiger partial charge < -0.3 is 25.2 Å². The number of hydrogen-bond acceptors (Lipinski definition) is 7. The predicted molar refractivity (Wildman–Crippen MR) is 141 cm³/mol. The Morgan fingerprint density at radius 2 is 1.61 bits per heavy atom. The van der Waals surface area contributed by atoms with Crippen LogP contribution in [-0.2, 0) is 19.6 Å². The number of ether oxygens (including phenoxy) is 1. The molecule has 0 spiro atoms. The van der Waals surface area contributed by atoms with E-state index in [9.17, 15) is 22.8 Å². The molecule has 0 radical (unpaired) electrons. The number of carboxylic acids is 2. The lowest BCUT2D eigenvalue weighted by atomic mass is 10.1. The molecule has 1 heterocycles. The average Bonchev–Trinajstić information content (AvgIpc) is 2.88. The molecule has 0 aliphatic carbocycles. The van der Waals surface area contributed by atoms with Gasteiger partial charge >= 0.3 is 11.9 Å². The van der Waals surface area contributed by atoms with Crippen LogP contribution in [0, 0.1) is 0 Å². The molecule has 11 nitrogen and oxygen atoms in total. The Kier molecular flexibility index (Phi) is 11.3. The third-order valence-corrected chi connectivity index (χ3v) is 7.98. The fourth-order valence-electron chi connectivity index (χ4n) is 3.53. The summed E-state index contributed by atoms with van der Waals surface area (Å²) in [5.41, 5.74) is 1.06. The molecule has 13 heteroatoms. The standard InChI is InChI=1S/C21H26ClN3O4S.C4H4O4/c1-15(17-6-4-5-7-19(17)29-3)23-21(26)16-8-9-18(22)20(14-16)30(27,28)25-12-10-24(2)11-13-25;5-3(6)1-2-4(7)8/h4-9,14-15H,10-13H2,1-3H3,(H,23,26);1-2H,(H,5,6)(H,7,8)/b;2-1+. The number of amides is 1. The van der Waals surface area contributed by atoms with Gasteiger partial charge in [0.15, 0.2) is 0 Å². The minimum absolute atomic E-state index is 0.0497. The molecule has 2 aromatic rings. The van der Waals surface area contributed by atoms with Crippen molar-refractivity contribution in [2.24, 2.45) is 0 Å².